The van der Waals surface area contributed by atoms with Crippen molar-refractivity contribution < 1.29 is 18.0 Å². The standard InChI is InChI=1S/C33H41N3O4S/c1-4-30(33(38)34-28-16-10-6-11-17-28)35(23-27-14-8-5-9-15-27)32(37)24-36(31-22-25(2)20-21-26(31)3)41(39,40)29-18-12-7-13-19-29/h5,7-9,12-15,18-22,28,30H,4,6,10-11,16-17,23-24H2,1-3H3,(H,34,38)/t30-/m1/s1. The monoisotopic (exact) mass is 575 g/mol. The first-order chi connectivity index (χ1) is 19.7. The summed E-state index contributed by atoms with van der Waals surface area (Å²) < 4.78 is 29.2. The van der Waals surface area contributed by atoms with Crippen LogP contribution in [0.15, 0.2) is 83.8 Å². The molecule has 3 aromatic carbocycles. The molecule has 0 heterocycles. The number of hydrogen-bond donors (Lipinski definition) is 1. The maximum Gasteiger partial charge on any atom is 0.264 e. The van der Waals surface area contributed by atoms with E-state index in [0.29, 0.717) is 12.1 Å². The molecule has 1 atom stereocenters. The minimum Gasteiger partial charge on any atom is -0.352 e. The van der Waals surface area contributed by atoms with Crippen LogP contribution >= 0.6 is 0 Å². The van der Waals surface area contributed by atoms with E-state index in [2.05, 4.69) is 5.32 Å². The van der Waals surface area contributed by atoms with Crippen LogP contribution in [0.2, 0.25) is 0 Å². The minimum absolute atomic E-state index is 0.101. The molecule has 0 spiro atoms. The predicted octanol–water partition coefficient (Wildman–Crippen LogP) is 5.76. The lowest BCUT2D eigenvalue weighted by Gasteiger charge is -2.34. The van der Waals surface area contributed by atoms with E-state index in [1.54, 1.807) is 29.2 Å². The third-order valence-electron chi connectivity index (χ3n) is 7.78. The molecule has 1 fully saturated rings. The molecule has 41 heavy (non-hydrogen) atoms. The van der Waals surface area contributed by atoms with Crippen molar-refractivity contribution in [3.63, 3.8) is 0 Å². The molecule has 0 bridgehead atoms. The van der Waals surface area contributed by atoms with Gasteiger partial charge in [0.15, 0.2) is 0 Å². The van der Waals surface area contributed by atoms with Gasteiger partial charge in [-0.3, -0.25) is 13.9 Å². The van der Waals surface area contributed by atoms with E-state index in [4.69, 9.17) is 0 Å². The number of aryl methyl sites for hydroxylation is 2. The topological polar surface area (TPSA) is 86.8 Å². The van der Waals surface area contributed by atoms with Crippen molar-refractivity contribution in [1.29, 1.82) is 0 Å². The van der Waals surface area contributed by atoms with Crippen LogP contribution in [0.3, 0.4) is 0 Å². The molecule has 0 aromatic heterocycles. The molecular weight excluding hydrogens is 534 g/mol. The zero-order valence-electron chi connectivity index (χ0n) is 24.3. The lowest BCUT2D eigenvalue weighted by Crippen LogP contribution is -2.54. The molecule has 8 heteroatoms. The highest BCUT2D eigenvalue weighted by atomic mass is 32.2. The van der Waals surface area contributed by atoms with Gasteiger partial charge in [-0.05, 0) is 68.0 Å². The Morgan fingerprint density at radius 3 is 2.17 bits per heavy atom. The molecule has 1 saturated carbocycles. The molecule has 2 amide bonds. The Balaban J connectivity index is 1.71. The van der Waals surface area contributed by atoms with Crippen LogP contribution < -0.4 is 9.62 Å². The second kappa shape index (κ2) is 13.8. The number of carbonyl (C=O) groups excluding carboxylic acids is 2. The number of hydrogen-bond acceptors (Lipinski definition) is 4. The largest absolute Gasteiger partial charge is 0.352 e. The number of benzene rings is 3. The van der Waals surface area contributed by atoms with Crippen molar-refractivity contribution in [2.24, 2.45) is 0 Å². The van der Waals surface area contributed by atoms with Crippen LogP contribution in [0.25, 0.3) is 0 Å². The maximum absolute atomic E-state index is 14.2. The first kappa shape index (κ1) is 30.3. The van der Waals surface area contributed by atoms with E-state index < -0.39 is 28.5 Å². The molecule has 0 radical (unpaired) electrons. The summed E-state index contributed by atoms with van der Waals surface area (Å²) >= 11 is 0. The third kappa shape index (κ3) is 7.55. The summed E-state index contributed by atoms with van der Waals surface area (Å²) in [5.41, 5.74) is 2.93. The van der Waals surface area contributed by atoms with Gasteiger partial charge in [-0.15, -0.1) is 0 Å². The lowest BCUT2D eigenvalue weighted by atomic mass is 9.95. The average Bonchev–Trinajstić information content (AvgIpc) is 2.98. The van der Waals surface area contributed by atoms with Gasteiger partial charge in [-0.25, -0.2) is 8.42 Å². The summed E-state index contributed by atoms with van der Waals surface area (Å²) in [6.07, 6.45) is 5.61. The Labute approximate surface area is 244 Å². The zero-order chi connectivity index (χ0) is 29.4. The van der Waals surface area contributed by atoms with Crippen LogP contribution in [0.4, 0.5) is 5.69 Å². The molecule has 1 aliphatic carbocycles. The van der Waals surface area contributed by atoms with Crippen molar-refractivity contribution in [3.8, 4) is 0 Å². The fourth-order valence-electron chi connectivity index (χ4n) is 5.47. The lowest BCUT2D eigenvalue weighted by molar-refractivity contribution is -0.140. The normalized spacial score (nSPS) is 14.7. The predicted molar refractivity (Wildman–Crippen MR) is 163 cm³/mol. The van der Waals surface area contributed by atoms with Crippen molar-refractivity contribution in [3.05, 3.63) is 95.6 Å². The van der Waals surface area contributed by atoms with E-state index in [1.165, 1.54) is 22.9 Å². The van der Waals surface area contributed by atoms with Gasteiger partial charge < -0.3 is 10.2 Å². The van der Waals surface area contributed by atoms with Crippen molar-refractivity contribution in [2.45, 2.75) is 82.8 Å². The fourth-order valence-corrected chi connectivity index (χ4v) is 6.96. The highest BCUT2D eigenvalue weighted by Gasteiger charge is 2.34. The van der Waals surface area contributed by atoms with Gasteiger partial charge >= 0.3 is 0 Å². The van der Waals surface area contributed by atoms with Gasteiger partial charge in [0.2, 0.25) is 11.8 Å². The Morgan fingerprint density at radius 1 is 0.902 bits per heavy atom. The molecule has 1 N–H and O–H groups in total. The van der Waals surface area contributed by atoms with Crippen LogP contribution in [0.1, 0.15) is 62.1 Å². The van der Waals surface area contributed by atoms with E-state index >= 15 is 0 Å². The number of rotatable bonds is 11. The number of amides is 2. The number of sulfonamides is 1. The molecule has 3 aromatic rings. The van der Waals surface area contributed by atoms with Crippen LogP contribution in [-0.4, -0.2) is 43.8 Å². The Kier molecular flexibility index (Phi) is 10.2. The smallest absolute Gasteiger partial charge is 0.264 e. The van der Waals surface area contributed by atoms with E-state index in [1.807, 2.05) is 63.2 Å². The second-order valence-electron chi connectivity index (χ2n) is 10.9. The van der Waals surface area contributed by atoms with Crippen molar-refractivity contribution >= 4 is 27.5 Å². The van der Waals surface area contributed by atoms with Crippen LogP contribution in [0.5, 0.6) is 0 Å². The van der Waals surface area contributed by atoms with Gasteiger partial charge in [0, 0.05) is 12.6 Å². The first-order valence-electron chi connectivity index (χ1n) is 14.5. The van der Waals surface area contributed by atoms with Gasteiger partial charge in [-0.1, -0.05) is 86.8 Å². The first-order valence-corrected chi connectivity index (χ1v) is 15.9. The van der Waals surface area contributed by atoms with E-state index in [9.17, 15) is 18.0 Å². The molecule has 218 valence electrons. The van der Waals surface area contributed by atoms with Crippen LogP contribution in [-0.2, 0) is 26.2 Å². The van der Waals surface area contributed by atoms with E-state index in [-0.39, 0.29) is 23.4 Å². The SMILES string of the molecule is CC[C@H](C(=O)NC1CCCCC1)N(Cc1ccccc1)C(=O)CN(c1cc(C)ccc1C)S(=O)(=O)c1ccccc1. The van der Waals surface area contributed by atoms with Crippen molar-refractivity contribution in [1.82, 2.24) is 10.2 Å². The number of nitrogens with one attached hydrogen (secondary N) is 1. The fraction of sp³-hybridized carbons (Fsp3) is 0.394. The second-order valence-corrected chi connectivity index (χ2v) is 12.8. The molecule has 7 nitrogen and oxygen atoms in total. The molecule has 0 unspecified atom stereocenters. The Bertz CT molecular complexity index is 1420. The minimum atomic E-state index is -4.08. The molecule has 0 aliphatic heterocycles. The molecular formula is C33H41N3O4S. The number of anilines is 1. The quantitative estimate of drug-likeness (QED) is 0.315. The molecule has 4 rings (SSSR count). The highest BCUT2D eigenvalue weighted by molar-refractivity contribution is 7.92. The van der Waals surface area contributed by atoms with Crippen LogP contribution in [0, 0.1) is 13.8 Å². The summed E-state index contributed by atoms with van der Waals surface area (Å²) in [5.74, 6) is -0.618. The van der Waals surface area contributed by atoms with Crippen molar-refractivity contribution in [2.75, 3.05) is 10.8 Å². The van der Waals surface area contributed by atoms with E-state index in [0.717, 1.165) is 42.4 Å². The average molecular weight is 576 g/mol. The third-order valence-corrected chi connectivity index (χ3v) is 9.55. The Hall–Kier alpha value is -3.65. The summed E-state index contributed by atoms with van der Waals surface area (Å²) in [6.45, 7) is 5.38. The van der Waals surface area contributed by atoms with Gasteiger partial charge in [0.1, 0.15) is 12.6 Å². The molecule has 0 saturated heterocycles. The maximum atomic E-state index is 14.2. The summed E-state index contributed by atoms with van der Waals surface area (Å²) in [5, 5.41) is 3.18. The summed E-state index contributed by atoms with van der Waals surface area (Å²) in [7, 11) is -4.08. The van der Waals surface area contributed by atoms with Gasteiger partial charge in [-0.2, -0.15) is 0 Å². The summed E-state index contributed by atoms with van der Waals surface area (Å²) in [6, 6.07) is 22.6. The highest BCUT2D eigenvalue weighted by Crippen LogP contribution is 2.29. The zero-order valence-corrected chi connectivity index (χ0v) is 25.1. The van der Waals surface area contributed by atoms with Gasteiger partial charge in [0.25, 0.3) is 10.0 Å². The molecule has 1 aliphatic rings. The number of nitrogens with zero attached hydrogens (tertiary/aromatic N) is 2. The Morgan fingerprint density at radius 2 is 1.54 bits per heavy atom. The summed E-state index contributed by atoms with van der Waals surface area (Å²) in [4.78, 5) is 29.5. The number of carbonyl (C=O) groups is 2. The van der Waals surface area contributed by atoms with Gasteiger partial charge in [0.05, 0.1) is 10.6 Å².